The van der Waals surface area contributed by atoms with Gasteiger partial charge in [0.15, 0.2) is 0 Å². The van der Waals surface area contributed by atoms with E-state index < -0.39 is 23.3 Å². The van der Waals surface area contributed by atoms with Crippen molar-refractivity contribution in [3.8, 4) is 5.75 Å². The number of carbonyl (C=O) groups excluding carboxylic acids is 2. The second-order valence-electron chi connectivity index (χ2n) is 12.6. The molecular weight excluding hydrogens is 550 g/mol. The Kier molecular flexibility index (Phi) is 13.7. The SMILES string of the molecule is CCCN(CCC)C(=O)C1=CC(C)=CC(C(N)=O)([C@H](Cc2cccc(OCc3ccccc3)c2)[C@@H](O)CNCCC(C)C)C1. The van der Waals surface area contributed by atoms with E-state index in [-0.39, 0.29) is 12.3 Å². The van der Waals surface area contributed by atoms with Gasteiger partial charge in [-0.25, -0.2) is 0 Å². The van der Waals surface area contributed by atoms with Gasteiger partial charge in [-0.05, 0) is 74.8 Å². The topological polar surface area (TPSA) is 105 Å². The van der Waals surface area contributed by atoms with E-state index in [1.807, 2.05) is 78.6 Å². The molecule has 2 aromatic rings. The molecule has 1 unspecified atom stereocenters. The molecule has 7 nitrogen and oxygen atoms in total. The molecule has 44 heavy (non-hydrogen) atoms. The molecule has 0 radical (unpaired) electrons. The highest BCUT2D eigenvalue weighted by Crippen LogP contribution is 2.44. The molecule has 1 aliphatic carbocycles. The maximum absolute atomic E-state index is 13.8. The van der Waals surface area contributed by atoms with Crippen LogP contribution in [0.4, 0.5) is 0 Å². The van der Waals surface area contributed by atoms with Crippen molar-refractivity contribution in [2.24, 2.45) is 23.0 Å². The van der Waals surface area contributed by atoms with E-state index in [1.54, 1.807) is 0 Å². The standard InChI is InChI=1S/C37H53N3O4/c1-6-18-40(19-7-2)35(42)31-20-28(5)23-37(24-31,36(38)43)33(34(41)25-39-17-16-27(3)4)22-30-14-11-15-32(21-30)44-26-29-12-9-8-10-13-29/h8-15,20-21,23,27,33-34,39,41H,6-7,16-19,22,24-26H2,1-5H3,(H2,38,43)/t33-,34+,37?/m1/s1. The van der Waals surface area contributed by atoms with Gasteiger partial charge in [0.25, 0.3) is 0 Å². The van der Waals surface area contributed by atoms with Crippen molar-refractivity contribution in [2.45, 2.75) is 79.4 Å². The number of nitrogens with two attached hydrogens (primary N) is 1. The van der Waals surface area contributed by atoms with Gasteiger partial charge in [-0.3, -0.25) is 9.59 Å². The number of aliphatic hydroxyl groups is 1. The quantitative estimate of drug-likeness (QED) is 0.186. The van der Waals surface area contributed by atoms with E-state index in [2.05, 4.69) is 33.0 Å². The highest BCUT2D eigenvalue weighted by atomic mass is 16.5. The summed E-state index contributed by atoms with van der Waals surface area (Å²) in [6.07, 6.45) is 6.09. The monoisotopic (exact) mass is 603 g/mol. The zero-order valence-corrected chi connectivity index (χ0v) is 27.4. The van der Waals surface area contributed by atoms with Gasteiger partial charge in [0.1, 0.15) is 12.4 Å². The number of allylic oxidation sites excluding steroid dienone is 2. The van der Waals surface area contributed by atoms with Crippen LogP contribution in [0, 0.1) is 17.3 Å². The van der Waals surface area contributed by atoms with Crippen molar-refractivity contribution in [3.05, 3.63) is 89.0 Å². The third-order valence-electron chi connectivity index (χ3n) is 8.36. The lowest BCUT2D eigenvalue weighted by Crippen LogP contribution is -2.52. The van der Waals surface area contributed by atoms with E-state index in [9.17, 15) is 14.7 Å². The maximum Gasteiger partial charge on any atom is 0.249 e. The minimum Gasteiger partial charge on any atom is -0.489 e. The Morgan fingerprint density at radius 3 is 2.36 bits per heavy atom. The third kappa shape index (κ3) is 9.80. The van der Waals surface area contributed by atoms with E-state index in [0.717, 1.165) is 42.5 Å². The summed E-state index contributed by atoms with van der Waals surface area (Å²) >= 11 is 0. The molecule has 1 aliphatic rings. The van der Waals surface area contributed by atoms with Gasteiger partial charge in [0.05, 0.1) is 11.5 Å². The van der Waals surface area contributed by atoms with Crippen molar-refractivity contribution in [2.75, 3.05) is 26.2 Å². The molecule has 3 atom stereocenters. The number of nitrogens with one attached hydrogen (secondary N) is 1. The number of primary amides is 1. The zero-order chi connectivity index (χ0) is 32.1. The third-order valence-corrected chi connectivity index (χ3v) is 8.36. The summed E-state index contributed by atoms with van der Waals surface area (Å²) in [6, 6.07) is 17.8. The predicted octanol–water partition coefficient (Wildman–Crippen LogP) is 5.82. The van der Waals surface area contributed by atoms with Crippen LogP contribution in [0.25, 0.3) is 0 Å². The highest BCUT2D eigenvalue weighted by Gasteiger charge is 2.48. The molecule has 2 amide bonds. The van der Waals surface area contributed by atoms with Crippen molar-refractivity contribution < 1.29 is 19.4 Å². The molecule has 0 spiro atoms. The van der Waals surface area contributed by atoms with Crippen LogP contribution in [0.15, 0.2) is 77.9 Å². The number of hydrogen-bond acceptors (Lipinski definition) is 5. The van der Waals surface area contributed by atoms with Gasteiger partial charge in [-0.1, -0.05) is 87.9 Å². The fraction of sp³-hybridized carbons (Fsp3) is 0.514. The van der Waals surface area contributed by atoms with E-state index in [4.69, 9.17) is 10.5 Å². The Balaban J connectivity index is 1.95. The summed E-state index contributed by atoms with van der Waals surface area (Å²) in [7, 11) is 0. The maximum atomic E-state index is 13.8. The first-order valence-corrected chi connectivity index (χ1v) is 16.2. The molecule has 7 heteroatoms. The smallest absolute Gasteiger partial charge is 0.249 e. The molecule has 0 fully saturated rings. The van der Waals surface area contributed by atoms with Crippen LogP contribution < -0.4 is 15.8 Å². The number of hydrogen-bond donors (Lipinski definition) is 3. The highest BCUT2D eigenvalue weighted by molar-refractivity contribution is 5.97. The average Bonchev–Trinajstić information content (AvgIpc) is 3.00. The summed E-state index contributed by atoms with van der Waals surface area (Å²) in [4.78, 5) is 29.2. The molecule has 0 bridgehead atoms. The Labute approximate surface area is 264 Å². The lowest BCUT2D eigenvalue weighted by Gasteiger charge is -2.42. The number of ether oxygens (including phenoxy) is 1. The van der Waals surface area contributed by atoms with Crippen LogP contribution in [-0.2, 0) is 22.6 Å². The molecule has 0 saturated carbocycles. The molecule has 0 aromatic heterocycles. The van der Waals surface area contributed by atoms with Crippen molar-refractivity contribution in [3.63, 3.8) is 0 Å². The van der Waals surface area contributed by atoms with Gasteiger partial charge >= 0.3 is 0 Å². The molecule has 0 saturated heterocycles. The number of amides is 2. The van der Waals surface area contributed by atoms with Crippen LogP contribution >= 0.6 is 0 Å². The largest absolute Gasteiger partial charge is 0.489 e. The molecule has 0 aliphatic heterocycles. The average molecular weight is 604 g/mol. The van der Waals surface area contributed by atoms with Crippen LogP contribution in [0.1, 0.15) is 71.4 Å². The van der Waals surface area contributed by atoms with Gasteiger partial charge in [-0.15, -0.1) is 0 Å². The first kappa shape index (κ1) is 35.1. The van der Waals surface area contributed by atoms with Crippen LogP contribution in [0.3, 0.4) is 0 Å². The van der Waals surface area contributed by atoms with Gasteiger partial charge in [0.2, 0.25) is 11.8 Å². The number of aliphatic hydroxyl groups excluding tert-OH is 1. The Bertz CT molecular complexity index is 1270. The lowest BCUT2D eigenvalue weighted by atomic mass is 9.63. The Morgan fingerprint density at radius 2 is 1.73 bits per heavy atom. The van der Waals surface area contributed by atoms with Gasteiger partial charge in [-0.2, -0.15) is 0 Å². The van der Waals surface area contributed by atoms with Gasteiger partial charge in [0, 0.05) is 31.1 Å². The van der Waals surface area contributed by atoms with E-state index >= 15 is 0 Å². The van der Waals surface area contributed by atoms with Crippen molar-refractivity contribution >= 4 is 11.8 Å². The van der Waals surface area contributed by atoms with Crippen molar-refractivity contribution in [1.82, 2.24) is 10.2 Å². The first-order valence-electron chi connectivity index (χ1n) is 16.2. The van der Waals surface area contributed by atoms with Crippen molar-refractivity contribution in [1.29, 1.82) is 0 Å². The number of rotatable bonds is 18. The summed E-state index contributed by atoms with van der Waals surface area (Å²) in [6.45, 7) is 13.1. The minimum absolute atomic E-state index is 0.0635. The summed E-state index contributed by atoms with van der Waals surface area (Å²) in [5.74, 6) is 0.0709. The minimum atomic E-state index is -1.24. The molecule has 0 heterocycles. The van der Waals surface area contributed by atoms with E-state index in [0.29, 0.717) is 49.9 Å². The first-order chi connectivity index (χ1) is 21.1. The predicted molar refractivity (Wildman–Crippen MR) is 178 cm³/mol. The normalized spacial score (nSPS) is 17.9. The second kappa shape index (κ2) is 17.2. The molecule has 3 rings (SSSR count). The van der Waals surface area contributed by atoms with Gasteiger partial charge < -0.3 is 25.8 Å². The van der Waals surface area contributed by atoms with Crippen LogP contribution in [-0.4, -0.2) is 54.1 Å². The summed E-state index contributed by atoms with van der Waals surface area (Å²) in [5.41, 5.74) is 8.38. The Hall–Kier alpha value is -3.42. The molecule has 4 N–H and O–H groups in total. The van der Waals surface area contributed by atoms with E-state index in [1.165, 1.54) is 0 Å². The fourth-order valence-corrected chi connectivity index (χ4v) is 6.12. The fourth-order valence-electron chi connectivity index (χ4n) is 6.12. The molecular formula is C37H53N3O4. The van der Waals surface area contributed by atoms with Crippen LogP contribution in [0.5, 0.6) is 5.75 Å². The summed E-state index contributed by atoms with van der Waals surface area (Å²) in [5, 5.41) is 15.2. The number of nitrogens with zero attached hydrogens (tertiary/aromatic N) is 1. The Morgan fingerprint density at radius 1 is 1.05 bits per heavy atom. The molecule has 240 valence electrons. The number of carbonyl (C=O) groups is 2. The molecule has 2 aromatic carbocycles. The summed E-state index contributed by atoms with van der Waals surface area (Å²) < 4.78 is 6.09. The lowest BCUT2D eigenvalue weighted by molar-refractivity contribution is -0.132. The number of benzene rings is 2. The zero-order valence-electron chi connectivity index (χ0n) is 27.4. The van der Waals surface area contributed by atoms with Crippen LogP contribution in [0.2, 0.25) is 0 Å². The second-order valence-corrected chi connectivity index (χ2v) is 12.6.